The smallest absolute Gasteiger partial charge is 0.0233 e. The fraction of sp³-hybridized carbons (Fsp3) is 0.391. The van der Waals surface area contributed by atoms with E-state index in [0.717, 1.165) is 5.57 Å². The van der Waals surface area contributed by atoms with Crippen molar-refractivity contribution in [3.63, 3.8) is 0 Å². The van der Waals surface area contributed by atoms with Crippen LogP contribution >= 0.6 is 0 Å². The van der Waals surface area contributed by atoms with Crippen molar-refractivity contribution >= 4 is 5.57 Å². The molecule has 0 heteroatoms. The van der Waals surface area contributed by atoms with Crippen LogP contribution in [0, 0.1) is 13.8 Å². The molecule has 0 unspecified atom stereocenters. The van der Waals surface area contributed by atoms with Gasteiger partial charge in [0.15, 0.2) is 0 Å². The highest BCUT2D eigenvalue weighted by Crippen LogP contribution is 2.21. The van der Waals surface area contributed by atoms with E-state index in [1.807, 2.05) is 20.8 Å². The molecular formula is C23H32. The Morgan fingerprint density at radius 2 is 1.30 bits per heavy atom. The number of rotatable bonds is 1. The molecule has 2 aromatic carbocycles. The second-order valence-corrected chi connectivity index (χ2v) is 6.13. The van der Waals surface area contributed by atoms with Crippen LogP contribution in [-0.4, -0.2) is 0 Å². The highest BCUT2D eigenvalue weighted by atomic mass is 14.1. The Morgan fingerprint density at radius 3 is 1.87 bits per heavy atom. The molecule has 124 valence electrons. The summed E-state index contributed by atoms with van der Waals surface area (Å²) in [6, 6.07) is 15.3. The summed E-state index contributed by atoms with van der Waals surface area (Å²) >= 11 is 0. The summed E-state index contributed by atoms with van der Waals surface area (Å²) in [5.41, 5.74) is 8.24. The van der Waals surface area contributed by atoms with Crippen LogP contribution in [0.3, 0.4) is 0 Å². The summed E-state index contributed by atoms with van der Waals surface area (Å²) in [5.74, 6) is 0. The van der Waals surface area contributed by atoms with Gasteiger partial charge in [-0.15, -0.1) is 0 Å². The van der Waals surface area contributed by atoms with Gasteiger partial charge in [0.05, 0.1) is 0 Å². The highest BCUT2D eigenvalue weighted by molar-refractivity contribution is 5.61. The van der Waals surface area contributed by atoms with E-state index in [4.69, 9.17) is 0 Å². The summed E-state index contributed by atoms with van der Waals surface area (Å²) in [6.07, 6.45) is 5.37. The van der Waals surface area contributed by atoms with Gasteiger partial charge in [0.25, 0.3) is 0 Å². The Morgan fingerprint density at radius 1 is 0.783 bits per heavy atom. The summed E-state index contributed by atoms with van der Waals surface area (Å²) < 4.78 is 0. The maximum atomic E-state index is 3.86. The Bertz CT molecular complexity index is 602. The summed E-state index contributed by atoms with van der Waals surface area (Å²) in [5, 5.41) is 0. The maximum absolute atomic E-state index is 3.86. The van der Waals surface area contributed by atoms with E-state index in [2.05, 4.69) is 62.9 Å². The van der Waals surface area contributed by atoms with Crippen molar-refractivity contribution in [1.82, 2.24) is 0 Å². The molecule has 0 N–H and O–H groups in total. The second-order valence-electron chi connectivity index (χ2n) is 6.13. The molecule has 3 rings (SSSR count). The molecule has 1 aliphatic rings. The van der Waals surface area contributed by atoms with Gasteiger partial charge in [0.2, 0.25) is 0 Å². The number of fused-ring (bicyclic) bond motifs is 1. The Kier molecular flexibility index (Phi) is 8.40. The van der Waals surface area contributed by atoms with Crippen molar-refractivity contribution in [2.75, 3.05) is 0 Å². The first-order valence-corrected chi connectivity index (χ1v) is 8.87. The monoisotopic (exact) mass is 308 g/mol. The first kappa shape index (κ1) is 19.2. The van der Waals surface area contributed by atoms with Crippen molar-refractivity contribution in [2.45, 2.75) is 60.3 Å². The van der Waals surface area contributed by atoms with E-state index in [1.54, 1.807) is 11.1 Å². The average molecular weight is 309 g/mol. The maximum Gasteiger partial charge on any atom is -0.0233 e. The third-order valence-electron chi connectivity index (χ3n) is 4.05. The van der Waals surface area contributed by atoms with E-state index in [9.17, 15) is 0 Å². The zero-order valence-corrected chi connectivity index (χ0v) is 15.6. The zero-order chi connectivity index (χ0) is 17.2. The predicted molar refractivity (Wildman–Crippen MR) is 105 cm³/mol. The summed E-state index contributed by atoms with van der Waals surface area (Å²) in [4.78, 5) is 0. The van der Waals surface area contributed by atoms with Crippen LogP contribution in [0.25, 0.3) is 5.57 Å². The molecule has 0 nitrogen and oxygen atoms in total. The molecule has 0 aromatic heterocycles. The Hall–Kier alpha value is -1.82. The van der Waals surface area contributed by atoms with Gasteiger partial charge in [-0.2, -0.15) is 0 Å². The van der Waals surface area contributed by atoms with Crippen LogP contribution in [-0.2, 0) is 12.8 Å². The molecule has 0 atom stereocenters. The predicted octanol–water partition coefficient (Wildman–Crippen LogP) is 6.93. The van der Waals surface area contributed by atoms with E-state index in [1.165, 1.54) is 42.4 Å². The average Bonchev–Trinajstić information content (AvgIpc) is 2.57. The van der Waals surface area contributed by atoms with Crippen LogP contribution in [0.5, 0.6) is 0 Å². The van der Waals surface area contributed by atoms with Gasteiger partial charge < -0.3 is 0 Å². The van der Waals surface area contributed by atoms with Crippen LogP contribution in [0.15, 0.2) is 49.0 Å². The highest BCUT2D eigenvalue weighted by Gasteiger charge is 2.07. The SMILES string of the molecule is C=C(C)c1ccc(C)cc1.CC.Cc1ccc2c(c1)CCCC2. The third kappa shape index (κ3) is 6.44. The molecule has 0 fully saturated rings. The van der Waals surface area contributed by atoms with Crippen molar-refractivity contribution < 1.29 is 0 Å². The van der Waals surface area contributed by atoms with Gasteiger partial charge in [-0.3, -0.25) is 0 Å². The fourth-order valence-electron chi connectivity index (χ4n) is 2.70. The first-order valence-electron chi connectivity index (χ1n) is 8.87. The van der Waals surface area contributed by atoms with Gasteiger partial charge in [0.1, 0.15) is 0 Å². The molecule has 1 aliphatic carbocycles. The quantitative estimate of drug-likeness (QED) is 0.536. The minimum Gasteiger partial charge on any atom is -0.0955 e. The standard InChI is InChI=1S/C11H14.C10H12.C2H6/c1-9-6-7-10-4-2-3-5-11(10)8-9;1-8(2)10-6-4-9(3)5-7-10;1-2/h6-8H,2-5H2,1H3;4-7H,1H2,2-3H3;1-2H3. The van der Waals surface area contributed by atoms with Gasteiger partial charge in [-0.1, -0.05) is 79.6 Å². The van der Waals surface area contributed by atoms with Crippen molar-refractivity contribution in [2.24, 2.45) is 0 Å². The molecule has 2 aromatic rings. The molecule has 0 aliphatic heterocycles. The minimum absolute atomic E-state index is 1.13. The number of allylic oxidation sites excluding steroid dienone is 1. The minimum atomic E-state index is 1.13. The van der Waals surface area contributed by atoms with E-state index >= 15 is 0 Å². The van der Waals surface area contributed by atoms with Gasteiger partial charge >= 0.3 is 0 Å². The molecular weight excluding hydrogens is 276 g/mol. The van der Waals surface area contributed by atoms with E-state index in [-0.39, 0.29) is 0 Å². The second kappa shape index (κ2) is 10.0. The molecule has 0 radical (unpaired) electrons. The van der Waals surface area contributed by atoms with Gasteiger partial charge in [-0.25, -0.2) is 0 Å². The Balaban J connectivity index is 0.000000209. The lowest BCUT2D eigenvalue weighted by Crippen LogP contribution is -2.01. The van der Waals surface area contributed by atoms with Crippen LogP contribution in [0.4, 0.5) is 0 Å². The number of benzene rings is 2. The van der Waals surface area contributed by atoms with Crippen molar-refractivity contribution in [3.8, 4) is 0 Å². The number of hydrogen-bond acceptors (Lipinski definition) is 0. The van der Waals surface area contributed by atoms with Crippen molar-refractivity contribution in [1.29, 1.82) is 0 Å². The summed E-state index contributed by atoms with van der Waals surface area (Å²) in [6.45, 7) is 14.1. The summed E-state index contributed by atoms with van der Waals surface area (Å²) in [7, 11) is 0. The molecule has 0 amide bonds. The first-order chi connectivity index (χ1) is 11.1. The van der Waals surface area contributed by atoms with E-state index < -0.39 is 0 Å². The molecule has 0 heterocycles. The van der Waals surface area contributed by atoms with Crippen LogP contribution in [0.2, 0.25) is 0 Å². The lowest BCUT2D eigenvalue weighted by atomic mass is 9.91. The molecule has 0 bridgehead atoms. The molecule has 0 spiro atoms. The lowest BCUT2D eigenvalue weighted by molar-refractivity contribution is 0.685. The fourth-order valence-corrected chi connectivity index (χ4v) is 2.70. The van der Waals surface area contributed by atoms with Gasteiger partial charge in [0, 0.05) is 0 Å². The third-order valence-corrected chi connectivity index (χ3v) is 4.05. The van der Waals surface area contributed by atoms with Gasteiger partial charge in [-0.05, 0) is 63.1 Å². The van der Waals surface area contributed by atoms with Crippen LogP contribution < -0.4 is 0 Å². The number of aryl methyl sites for hydroxylation is 4. The normalized spacial score (nSPS) is 12.0. The largest absolute Gasteiger partial charge is 0.0955 e. The lowest BCUT2D eigenvalue weighted by Gasteiger charge is -2.15. The van der Waals surface area contributed by atoms with Crippen molar-refractivity contribution in [3.05, 3.63) is 76.9 Å². The molecule has 0 saturated carbocycles. The molecule has 23 heavy (non-hydrogen) atoms. The Labute approximate surface area is 143 Å². The number of hydrogen-bond donors (Lipinski definition) is 0. The van der Waals surface area contributed by atoms with E-state index in [0.29, 0.717) is 0 Å². The zero-order valence-electron chi connectivity index (χ0n) is 15.6. The molecule has 0 saturated heterocycles. The van der Waals surface area contributed by atoms with Crippen LogP contribution in [0.1, 0.15) is 61.4 Å². The topological polar surface area (TPSA) is 0 Å².